The van der Waals surface area contributed by atoms with Gasteiger partial charge in [0.15, 0.2) is 6.04 Å². The minimum Gasteiger partial charge on any atom is -0.480 e. The lowest BCUT2D eigenvalue weighted by atomic mass is 9.93. The monoisotopic (exact) mass is 473 g/mol. The zero-order valence-corrected chi connectivity index (χ0v) is 19.0. The summed E-state index contributed by atoms with van der Waals surface area (Å²) in [4.78, 5) is 36.7. The van der Waals surface area contributed by atoms with E-state index in [1.165, 1.54) is 12.5 Å². The van der Waals surface area contributed by atoms with Crippen LogP contribution in [0.4, 0.5) is 0 Å². The van der Waals surface area contributed by atoms with Crippen LogP contribution in [0, 0.1) is 0 Å². The second kappa shape index (κ2) is 11.3. The van der Waals surface area contributed by atoms with Crippen molar-refractivity contribution in [3.63, 3.8) is 0 Å². The number of rotatable bonds is 9. The Morgan fingerprint density at radius 1 is 1.12 bits per heavy atom. The standard InChI is InChI=1S/C24H28ClN3O5/c1-14(29)22(24(32)33)28-21(30)11-18(15-6-8-19(25)9-7-15)13-27-23(31)20-10-16-4-2-3-5-17(16)12-26-20/h2-9,14,18,20,22,26,29H,10-13H2,1H3,(H,27,31)(H,28,30)(H,32,33)/t14-,18-,20-,22+/m0/s1. The molecule has 0 saturated carbocycles. The topological polar surface area (TPSA) is 128 Å². The first-order valence-corrected chi connectivity index (χ1v) is 11.2. The Labute approximate surface area is 197 Å². The quantitative estimate of drug-likeness (QED) is 0.376. The number of carboxylic acid groups (broad SMARTS) is 1. The van der Waals surface area contributed by atoms with E-state index in [2.05, 4.69) is 16.0 Å². The Morgan fingerprint density at radius 2 is 1.79 bits per heavy atom. The molecule has 0 bridgehead atoms. The predicted molar refractivity (Wildman–Crippen MR) is 124 cm³/mol. The van der Waals surface area contributed by atoms with Crippen molar-refractivity contribution in [1.29, 1.82) is 0 Å². The van der Waals surface area contributed by atoms with Gasteiger partial charge in [0.05, 0.1) is 12.1 Å². The van der Waals surface area contributed by atoms with Crippen molar-refractivity contribution in [2.45, 2.75) is 50.4 Å². The summed E-state index contributed by atoms with van der Waals surface area (Å²) in [5.74, 6) is -2.44. The average molecular weight is 474 g/mol. The zero-order valence-electron chi connectivity index (χ0n) is 18.3. The smallest absolute Gasteiger partial charge is 0.328 e. The first kappa shape index (κ1) is 24.7. The van der Waals surface area contributed by atoms with Crippen LogP contribution < -0.4 is 16.0 Å². The number of carbonyl (C=O) groups is 3. The van der Waals surface area contributed by atoms with Gasteiger partial charge >= 0.3 is 5.97 Å². The molecule has 9 heteroatoms. The van der Waals surface area contributed by atoms with Crippen LogP contribution in [0.5, 0.6) is 0 Å². The molecule has 2 amide bonds. The van der Waals surface area contributed by atoms with Crippen molar-refractivity contribution in [3.05, 3.63) is 70.2 Å². The van der Waals surface area contributed by atoms with Crippen molar-refractivity contribution in [2.24, 2.45) is 0 Å². The van der Waals surface area contributed by atoms with Gasteiger partial charge in [0, 0.05) is 30.5 Å². The van der Waals surface area contributed by atoms with E-state index in [0.29, 0.717) is 18.0 Å². The van der Waals surface area contributed by atoms with Gasteiger partial charge < -0.3 is 26.2 Å². The molecule has 0 fully saturated rings. The molecule has 0 aromatic heterocycles. The number of hydrogen-bond acceptors (Lipinski definition) is 5. The van der Waals surface area contributed by atoms with Gasteiger partial charge in [-0.3, -0.25) is 9.59 Å². The summed E-state index contributed by atoms with van der Waals surface area (Å²) in [6, 6.07) is 13.1. The van der Waals surface area contributed by atoms with Crippen molar-refractivity contribution in [1.82, 2.24) is 16.0 Å². The number of fused-ring (bicyclic) bond motifs is 1. The number of aliphatic hydroxyl groups is 1. The summed E-state index contributed by atoms with van der Waals surface area (Å²) in [6.07, 6.45) is -0.748. The summed E-state index contributed by atoms with van der Waals surface area (Å²) in [5, 5.41) is 27.9. The molecule has 8 nitrogen and oxygen atoms in total. The number of benzene rings is 2. The van der Waals surface area contributed by atoms with Crippen LogP contribution in [0.15, 0.2) is 48.5 Å². The van der Waals surface area contributed by atoms with Gasteiger partial charge in [0.1, 0.15) is 0 Å². The number of hydrogen-bond donors (Lipinski definition) is 5. The molecule has 3 rings (SSSR count). The van der Waals surface area contributed by atoms with E-state index in [9.17, 15) is 24.6 Å². The Bertz CT molecular complexity index is 996. The van der Waals surface area contributed by atoms with Crippen LogP contribution in [0.3, 0.4) is 0 Å². The first-order chi connectivity index (χ1) is 15.7. The van der Waals surface area contributed by atoms with Gasteiger partial charge in [-0.1, -0.05) is 48.0 Å². The van der Waals surface area contributed by atoms with Gasteiger partial charge in [-0.05, 0) is 42.2 Å². The van der Waals surface area contributed by atoms with E-state index in [0.717, 1.165) is 11.1 Å². The molecule has 33 heavy (non-hydrogen) atoms. The number of aliphatic hydroxyl groups excluding tert-OH is 1. The number of nitrogens with one attached hydrogen (secondary N) is 3. The van der Waals surface area contributed by atoms with E-state index in [1.807, 2.05) is 24.3 Å². The number of carbonyl (C=O) groups excluding carboxylic acids is 2. The zero-order chi connectivity index (χ0) is 24.0. The molecule has 2 aromatic rings. The molecule has 0 aliphatic carbocycles. The minimum absolute atomic E-state index is 0.0701. The third-order valence-corrected chi connectivity index (χ3v) is 6.01. The maximum atomic E-state index is 12.8. The molecule has 176 valence electrons. The van der Waals surface area contributed by atoms with Crippen LogP contribution in [-0.2, 0) is 27.3 Å². The number of amides is 2. The van der Waals surface area contributed by atoms with E-state index >= 15 is 0 Å². The van der Waals surface area contributed by atoms with E-state index in [1.54, 1.807) is 24.3 Å². The SMILES string of the molecule is C[C@H](O)[C@@H](NC(=O)C[C@@H](CNC(=O)[C@@H]1Cc2ccccc2CN1)c1ccc(Cl)cc1)C(=O)O. The first-order valence-electron chi connectivity index (χ1n) is 10.8. The molecular formula is C24H28ClN3O5. The fourth-order valence-corrected chi connectivity index (χ4v) is 4.00. The summed E-state index contributed by atoms with van der Waals surface area (Å²) in [7, 11) is 0. The number of aliphatic carboxylic acids is 1. The summed E-state index contributed by atoms with van der Waals surface area (Å²) in [6.45, 7) is 2.08. The third-order valence-electron chi connectivity index (χ3n) is 5.76. The highest BCUT2D eigenvalue weighted by atomic mass is 35.5. The summed E-state index contributed by atoms with van der Waals surface area (Å²) < 4.78 is 0. The predicted octanol–water partition coefficient (Wildman–Crippen LogP) is 1.59. The highest BCUT2D eigenvalue weighted by Gasteiger charge is 2.28. The van der Waals surface area contributed by atoms with Gasteiger partial charge in [0.25, 0.3) is 0 Å². The van der Waals surface area contributed by atoms with Crippen LogP contribution in [0.25, 0.3) is 0 Å². The van der Waals surface area contributed by atoms with Gasteiger partial charge in [0.2, 0.25) is 11.8 Å². The van der Waals surface area contributed by atoms with E-state index in [-0.39, 0.29) is 24.9 Å². The Hall–Kier alpha value is -2.94. The minimum atomic E-state index is -1.41. The van der Waals surface area contributed by atoms with Crippen molar-refractivity contribution >= 4 is 29.4 Å². The van der Waals surface area contributed by atoms with Crippen LogP contribution in [-0.4, -0.2) is 52.7 Å². The molecule has 0 radical (unpaired) electrons. The molecule has 2 aromatic carbocycles. The summed E-state index contributed by atoms with van der Waals surface area (Å²) in [5.41, 5.74) is 3.08. The van der Waals surface area contributed by atoms with Crippen LogP contribution >= 0.6 is 11.6 Å². The lowest BCUT2D eigenvalue weighted by Gasteiger charge is -2.26. The van der Waals surface area contributed by atoms with Gasteiger partial charge in [-0.15, -0.1) is 0 Å². The molecule has 0 saturated heterocycles. The van der Waals surface area contributed by atoms with Crippen LogP contribution in [0.1, 0.15) is 36.0 Å². The lowest BCUT2D eigenvalue weighted by molar-refractivity contribution is -0.144. The van der Waals surface area contributed by atoms with Crippen LogP contribution in [0.2, 0.25) is 5.02 Å². The Morgan fingerprint density at radius 3 is 2.42 bits per heavy atom. The fraction of sp³-hybridized carbons (Fsp3) is 0.375. The van der Waals surface area contributed by atoms with Crippen molar-refractivity contribution < 1.29 is 24.6 Å². The van der Waals surface area contributed by atoms with E-state index in [4.69, 9.17) is 11.6 Å². The van der Waals surface area contributed by atoms with Gasteiger partial charge in [-0.2, -0.15) is 0 Å². The lowest BCUT2D eigenvalue weighted by Crippen LogP contribution is -2.49. The van der Waals surface area contributed by atoms with Crippen molar-refractivity contribution in [2.75, 3.05) is 6.54 Å². The maximum Gasteiger partial charge on any atom is 0.328 e. The van der Waals surface area contributed by atoms with Gasteiger partial charge in [-0.25, -0.2) is 4.79 Å². The highest BCUT2D eigenvalue weighted by molar-refractivity contribution is 6.30. The molecule has 1 aliphatic heterocycles. The highest BCUT2D eigenvalue weighted by Crippen LogP contribution is 2.22. The van der Waals surface area contributed by atoms with E-state index < -0.39 is 29.9 Å². The second-order valence-electron chi connectivity index (χ2n) is 8.23. The maximum absolute atomic E-state index is 12.8. The Balaban J connectivity index is 1.66. The number of carboxylic acids is 1. The second-order valence-corrected chi connectivity index (χ2v) is 8.66. The summed E-state index contributed by atoms with van der Waals surface area (Å²) >= 11 is 5.98. The fourth-order valence-electron chi connectivity index (χ4n) is 3.87. The number of halogens is 1. The average Bonchev–Trinajstić information content (AvgIpc) is 2.79. The molecule has 1 heterocycles. The Kier molecular flexibility index (Phi) is 8.43. The normalized spacial score (nSPS) is 17.8. The molecule has 0 unspecified atom stereocenters. The third kappa shape index (κ3) is 6.77. The molecule has 5 N–H and O–H groups in total. The molecule has 4 atom stereocenters. The molecule has 0 spiro atoms. The largest absolute Gasteiger partial charge is 0.480 e. The molecule has 1 aliphatic rings. The van der Waals surface area contributed by atoms with Crippen molar-refractivity contribution in [3.8, 4) is 0 Å². The molecular weight excluding hydrogens is 446 g/mol.